The second kappa shape index (κ2) is 3.91. The highest BCUT2D eigenvalue weighted by Gasteiger charge is 2.31. The van der Waals surface area contributed by atoms with E-state index in [4.69, 9.17) is 4.74 Å². The predicted octanol–water partition coefficient (Wildman–Crippen LogP) is 2.76. The zero-order chi connectivity index (χ0) is 11.8. The minimum absolute atomic E-state index is 0.0792. The van der Waals surface area contributed by atoms with Gasteiger partial charge in [0.05, 0.1) is 12.5 Å². The zero-order valence-electron chi connectivity index (χ0n) is 9.82. The minimum atomic E-state index is -0.0823. The predicted molar refractivity (Wildman–Crippen MR) is 66.0 cm³/mol. The largest absolute Gasteiger partial charge is 0.465 e. The van der Waals surface area contributed by atoms with E-state index in [1.54, 1.807) is 0 Å². The fourth-order valence-electron chi connectivity index (χ4n) is 2.65. The van der Waals surface area contributed by atoms with Crippen molar-refractivity contribution in [1.29, 1.82) is 0 Å². The van der Waals surface area contributed by atoms with Crippen molar-refractivity contribution in [3.8, 4) is 0 Å². The smallest absolute Gasteiger partial charge is 0.313 e. The quantitative estimate of drug-likeness (QED) is 0.804. The normalized spacial score (nSPS) is 19.8. The Morgan fingerprint density at radius 1 is 1.41 bits per heavy atom. The van der Waals surface area contributed by atoms with Crippen LogP contribution in [0.15, 0.2) is 24.3 Å². The summed E-state index contributed by atoms with van der Waals surface area (Å²) >= 11 is 0. The number of cyclic esters (lactones) is 1. The number of carbonyl (C=O) groups is 1. The topological polar surface area (TPSA) is 42.1 Å². The lowest BCUT2D eigenvalue weighted by Gasteiger charge is -2.07. The van der Waals surface area contributed by atoms with Gasteiger partial charge >= 0.3 is 5.97 Å². The third-order valence-electron chi connectivity index (χ3n) is 3.47. The van der Waals surface area contributed by atoms with E-state index in [0.29, 0.717) is 6.61 Å². The van der Waals surface area contributed by atoms with Gasteiger partial charge in [-0.3, -0.25) is 4.79 Å². The Morgan fingerprint density at radius 3 is 2.94 bits per heavy atom. The molecule has 1 fully saturated rings. The molecule has 1 saturated heterocycles. The Balaban J connectivity index is 2.22. The number of aryl methyl sites for hydroxylation is 1. The van der Waals surface area contributed by atoms with Crippen molar-refractivity contribution >= 4 is 16.9 Å². The highest BCUT2D eigenvalue weighted by atomic mass is 16.5. The van der Waals surface area contributed by atoms with Crippen molar-refractivity contribution in [3.63, 3.8) is 0 Å². The number of hydrogen-bond acceptors (Lipinski definition) is 2. The maximum absolute atomic E-state index is 11.7. The number of esters is 1. The number of H-pyrrole nitrogens is 1. The molecule has 0 radical (unpaired) electrons. The first-order valence-corrected chi connectivity index (χ1v) is 6.07. The number of rotatable bonds is 2. The SMILES string of the molecule is CCc1[nH]c2ccccc2c1C1CCOC1=O. The molecule has 2 heterocycles. The second-order valence-electron chi connectivity index (χ2n) is 4.43. The lowest BCUT2D eigenvalue weighted by atomic mass is 9.94. The molecule has 3 heteroatoms. The molecule has 0 amide bonds. The standard InChI is InChI=1S/C14H15NO2/c1-2-11-13(10-7-8-17-14(10)16)9-5-3-4-6-12(9)15-11/h3-6,10,15H,2,7-8H2,1H3. The van der Waals surface area contributed by atoms with Crippen LogP contribution in [0.5, 0.6) is 0 Å². The first kappa shape index (κ1) is 10.4. The van der Waals surface area contributed by atoms with Gasteiger partial charge in [0.2, 0.25) is 0 Å². The molecule has 1 aliphatic heterocycles. The van der Waals surface area contributed by atoms with Crippen LogP contribution >= 0.6 is 0 Å². The summed E-state index contributed by atoms with van der Waals surface area (Å²) in [5.41, 5.74) is 3.42. The summed E-state index contributed by atoms with van der Waals surface area (Å²) in [6, 6.07) is 8.15. The first-order chi connectivity index (χ1) is 8.31. The van der Waals surface area contributed by atoms with Gasteiger partial charge in [0, 0.05) is 16.6 Å². The van der Waals surface area contributed by atoms with Crippen LogP contribution < -0.4 is 0 Å². The number of nitrogens with one attached hydrogen (secondary N) is 1. The highest BCUT2D eigenvalue weighted by molar-refractivity contribution is 5.91. The number of aromatic amines is 1. The number of para-hydroxylation sites is 1. The van der Waals surface area contributed by atoms with Gasteiger partial charge in [0.1, 0.15) is 0 Å². The fourth-order valence-corrected chi connectivity index (χ4v) is 2.65. The number of benzene rings is 1. The maximum Gasteiger partial charge on any atom is 0.313 e. The van der Waals surface area contributed by atoms with Gasteiger partial charge in [-0.05, 0) is 24.5 Å². The number of fused-ring (bicyclic) bond motifs is 1. The fraction of sp³-hybridized carbons (Fsp3) is 0.357. The van der Waals surface area contributed by atoms with Gasteiger partial charge in [-0.2, -0.15) is 0 Å². The Morgan fingerprint density at radius 2 is 2.24 bits per heavy atom. The molecule has 0 aliphatic carbocycles. The molecule has 88 valence electrons. The van der Waals surface area contributed by atoms with Gasteiger partial charge < -0.3 is 9.72 Å². The van der Waals surface area contributed by atoms with E-state index >= 15 is 0 Å². The van der Waals surface area contributed by atoms with E-state index < -0.39 is 0 Å². The van der Waals surface area contributed by atoms with Crippen LogP contribution in [0.3, 0.4) is 0 Å². The average molecular weight is 229 g/mol. The summed E-state index contributed by atoms with van der Waals surface area (Å²) in [4.78, 5) is 15.2. The van der Waals surface area contributed by atoms with Gasteiger partial charge in [-0.1, -0.05) is 25.1 Å². The van der Waals surface area contributed by atoms with Gasteiger partial charge in [0.15, 0.2) is 0 Å². The summed E-state index contributed by atoms with van der Waals surface area (Å²) in [5, 5.41) is 1.16. The maximum atomic E-state index is 11.7. The lowest BCUT2D eigenvalue weighted by molar-refractivity contribution is -0.139. The third kappa shape index (κ3) is 1.54. The molecule has 17 heavy (non-hydrogen) atoms. The van der Waals surface area contributed by atoms with Crippen LogP contribution in [0.2, 0.25) is 0 Å². The molecule has 3 nitrogen and oxygen atoms in total. The molecular weight excluding hydrogens is 214 g/mol. The van der Waals surface area contributed by atoms with E-state index in [9.17, 15) is 4.79 Å². The third-order valence-corrected chi connectivity index (χ3v) is 3.47. The summed E-state index contributed by atoms with van der Waals surface area (Å²) in [6.45, 7) is 2.65. The average Bonchev–Trinajstić information content (AvgIpc) is 2.91. The Bertz CT molecular complexity index is 571. The van der Waals surface area contributed by atoms with Crippen molar-refractivity contribution in [1.82, 2.24) is 4.98 Å². The number of hydrogen-bond donors (Lipinski definition) is 1. The summed E-state index contributed by atoms with van der Waals surface area (Å²) < 4.78 is 5.08. The molecule has 1 aromatic carbocycles. The van der Waals surface area contributed by atoms with Crippen molar-refractivity contribution in [2.75, 3.05) is 6.61 Å². The summed E-state index contributed by atoms with van der Waals surface area (Å²) in [5.74, 6) is -0.162. The molecule has 0 spiro atoms. The first-order valence-electron chi connectivity index (χ1n) is 6.07. The van der Waals surface area contributed by atoms with E-state index in [1.165, 1.54) is 0 Å². The van der Waals surface area contributed by atoms with Crippen LogP contribution in [0.25, 0.3) is 10.9 Å². The van der Waals surface area contributed by atoms with Crippen LogP contribution in [-0.2, 0) is 16.0 Å². The highest BCUT2D eigenvalue weighted by Crippen LogP contribution is 2.35. The van der Waals surface area contributed by atoms with E-state index in [0.717, 1.165) is 35.0 Å². The monoisotopic (exact) mass is 229 g/mol. The second-order valence-corrected chi connectivity index (χ2v) is 4.43. The molecule has 3 rings (SSSR count). The van der Waals surface area contributed by atoms with E-state index in [2.05, 4.69) is 24.0 Å². The minimum Gasteiger partial charge on any atom is -0.465 e. The van der Waals surface area contributed by atoms with Crippen LogP contribution in [0.1, 0.15) is 30.5 Å². The Kier molecular flexibility index (Phi) is 2.39. The number of ether oxygens (including phenoxy) is 1. The van der Waals surface area contributed by atoms with Gasteiger partial charge in [-0.15, -0.1) is 0 Å². The molecule has 1 unspecified atom stereocenters. The van der Waals surface area contributed by atoms with Crippen LogP contribution in [-0.4, -0.2) is 17.6 Å². The number of aromatic nitrogens is 1. The van der Waals surface area contributed by atoms with Crippen LogP contribution in [0.4, 0.5) is 0 Å². The van der Waals surface area contributed by atoms with Crippen molar-refractivity contribution < 1.29 is 9.53 Å². The summed E-state index contributed by atoms with van der Waals surface area (Å²) in [6.07, 6.45) is 1.71. The lowest BCUT2D eigenvalue weighted by Crippen LogP contribution is -2.07. The van der Waals surface area contributed by atoms with E-state index in [-0.39, 0.29) is 11.9 Å². The zero-order valence-corrected chi connectivity index (χ0v) is 9.82. The van der Waals surface area contributed by atoms with E-state index in [1.807, 2.05) is 12.1 Å². The Labute approximate surface area is 99.8 Å². The molecular formula is C14H15NO2. The van der Waals surface area contributed by atoms with Gasteiger partial charge in [-0.25, -0.2) is 0 Å². The van der Waals surface area contributed by atoms with Gasteiger partial charge in [0.25, 0.3) is 0 Å². The molecule has 0 bridgehead atoms. The van der Waals surface area contributed by atoms with Crippen LogP contribution in [0, 0.1) is 0 Å². The number of carbonyl (C=O) groups excluding carboxylic acids is 1. The van der Waals surface area contributed by atoms with Crippen molar-refractivity contribution in [2.24, 2.45) is 0 Å². The van der Waals surface area contributed by atoms with Crippen molar-refractivity contribution in [2.45, 2.75) is 25.7 Å². The molecule has 1 atom stereocenters. The molecule has 0 saturated carbocycles. The molecule has 1 N–H and O–H groups in total. The Hall–Kier alpha value is -1.77. The molecule has 1 aromatic heterocycles. The summed E-state index contributed by atoms with van der Waals surface area (Å²) in [7, 11) is 0. The molecule has 2 aromatic rings. The van der Waals surface area contributed by atoms with Crippen molar-refractivity contribution in [3.05, 3.63) is 35.5 Å². The molecule has 1 aliphatic rings.